The summed E-state index contributed by atoms with van der Waals surface area (Å²) in [5, 5.41) is 16.7. The summed E-state index contributed by atoms with van der Waals surface area (Å²) in [6.07, 6.45) is 3.44. The number of nitrogens with zero attached hydrogens (tertiary/aromatic N) is 6. The monoisotopic (exact) mass is 326 g/mol. The van der Waals surface area contributed by atoms with Crippen LogP contribution in [0.4, 0.5) is 10.3 Å². The first-order chi connectivity index (χ1) is 9.88. The smallest absolute Gasteiger partial charge is 0.203 e. The van der Waals surface area contributed by atoms with Crippen LogP contribution in [0.5, 0.6) is 0 Å². The quantitative estimate of drug-likeness (QED) is 0.643. The summed E-state index contributed by atoms with van der Waals surface area (Å²) in [5.74, 6) is 0.944. The molecule has 8 nitrogen and oxygen atoms in total. The van der Waals surface area contributed by atoms with Gasteiger partial charge in [0.1, 0.15) is 17.2 Å². The molecule has 0 unspecified atom stereocenters. The molecule has 0 bridgehead atoms. The average molecular weight is 326 g/mol. The van der Waals surface area contributed by atoms with E-state index >= 15 is 0 Å². The lowest BCUT2D eigenvalue weighted by molar-refractivity contribution is 0.858. The number of hydrogen-bond acceptors (Lipinski definition) is 9. The van der Waals surface area contributed by atoms with Crippen LogP contribution >= 0.6 is 22.7 Å². The fourth-order valence-electron chi connectivity index (χ4n) is 1.02. The summed E-state index contributed by atoms with van der Waals surface area (Å²) in [4.78, 5) is 4.98. The molecule has 0 aliphatic heterocycles. The van der Waals surface area contributed by atoms with Crippen LogP contribution in [0.2, 0.25) is 0 Å². The second kappa shape index (κ2) is 8.27. The van der Waals surface area contributed by atoms with E-state index in [9.17, 15) is 0 Å². The van der Waals surface area contributed by atoms with Crippen molar-refractivity contribution >= 4 is 32.9 Å². The molecule has 0 saturated carbocycles. The molecule has 0 spiro atoms. The van der Waals surface area contributed by atoms with Crippen LogP contribution in [-0.4, -0.2) is 29.9 Å². The Hall–Kier alpha value is -2.07. The summed E-state index contributed by atoms with van der Waals surface area (Å²) < 4.78 is 1.86. The first-order valence-corrected chi connectivity index (χ1v) is 7.56. The van der Waals surface area contributed by atoms with Gasteiger partial charge in [0.05, 0.1) is 0 Å². The van der Waals surface area contributed by atoms with Gasteiger partial charge in [0.15, 0.2) is 5.13 Å². The molecule has 3 heterocycles. The van der Waals surface area contributed by atoms with Gasteiger partial charge in [-0.2, -0.15) is 0 Å². The molecule has 3 aromatic rings. The topological polar surface area (TPSA) is 121 Å². The molecule has 0 saturated heterocycles. The molecule has 0 radical (unpaired) electrons. The Balaban J connectivity index is 0.000000157. The molecule has 3 rings (SSSR count). The zero-order valence-electron chi connectivity index (χ0n) is 12.3. The van der Waals surface area contributed by atoms with E-state index in [1.807, 2.05) is 32.4 Å². The predicted octanol–water partition coefficient (Wildman–Crippen LogP) is 1.59. The maximum Gasteiger partial charge on any atom is 0.203 e. The van der Waals surface area contributed by atoms with Crippen molar-refractivity contribution in [3.05, 3.63) is 28.2 Å². The van der Waals surface area contributed by atoms with Crippen LogP contribution in [0.15, 0.2) is 12.5 Å². The van der Waals surface area contributed by atoms with Crippen molar-refractivity contribution in [2.75, 3.05) is 11.5 Å². The molecule has 0 fully saturated rings. The number of nitrogens with two attached hydrogens (primary N) is 2. The van der Waals surface area contributed by atoms with Gasteiger partial charge in [-0.25, -0.2) is 4.98 Å². The highest BCUT2D eigenvalue weighted by molar-refractivity contribution is 7.15. The average Bonchev–Trinajstić information content (AvgIpc) is 3.08. The molecule has 114 valence electrons. The van der Waals surface area contributed by atoms with Gasteiger partial charge in [0.25, 0.3) is 0 Å². The van der Waals surface area contributed by atoms with Crippen LogP contribution < -0.4 is 11.5 Å². The SMILES string of the molecule is Cc1cnc(N)s1.Cc1nnc(N)s1.Cc1nncn1C. The summed E-state index contributed by atoms with van der Waals surface area (Å²) in [7, 11) is 1.91. The van der Waals surface area contributed by atoms with Gasteiger partial charge in [0, 0.05) is 18.1 Å². The van der Waals surface area contributed by atoms with Crippen molar-refractivity contribution in [3.63, 3.8) is 0 Å². The van der Waals surface area contributed by atoms with Gasteiger partial charge in [-0.3, -0.25) is 0 Å². The van der Waals surface area contributed by atoms with Crippen LogP contribution in [0.25, 0.3) is 0 Å². The largest absolute Gasteiger partial charge is 0.375 e. The Labute approximate surface area is 130 Å². The summed E-state index contributed by atoms with van der Waals surface area (Å²) in [5.41, 5.74) is 10.5. The molecule has 0 amide bonds. The van der Waals surface area contributed by atoms with Gasteiger partial charge >= 0.3 is 0 Å². The van der Waals surface area contributed by atoms with E-state index < -0.39 is 0 Å². The molecular weight excluding hydrogens is 308 g/mol. The van der Waals surface area contributed by atoms with Gasteiger partial charge in [0.2, 0.25) is 5.13 Å². The Morgan fingerprint density at radius 2 is 1.71 bits per heavy atom. The third-order valence-electron chi connectivity index (χ3n) is 2.12. The number of hydrogen-bond donors (Lipinski definition) is 2. The lowest BCUT2D eigenvalue weighted by atomic mass is 10.7. The minimum atomic E-state index is 0.539. The number of nitrogen functional groups attached to an aromatic ring is 2. The van der Waals surface area contributed by atoms with Gasteiger partial charge in [-0.15, -0.1) is 31.7 Å². The van der Waals surface area contributed by atoms with E-state index in [-0.39, 0.29) is 0 Å². The van der Waals surface area contributed by atoms with Gasteiger partial charge in [-0.05, 0) is 20.8 Å². The van der Waals surface area contributed by atoms with E-state index in [0.29, 0.717) is 10.3 Å². The van der Waals surface area contributed by atoms with E-state index in [1.54, 1.807) is 12.5 Å². The van der Waals surface area contributed by atoms with Gasteiger partial charge in [-0.1, -0.05) is 11.3 Å². The van der Waals surface area contributed by atoms with Crippen molar-refractivity contribution in [1.82, 2.24) is 29.9 Å². The van der Waals surface area contributed by atoms with Crippen molar-refractivity contribution in [2.45, 2.75) is 20.8 Å². The van der Waals surface area contributed by atoms with Crippen LogP contribution in [0, 0.1) is 20.8 Å². The second-order valence-corrected chi connectivity index (χ2v) is 6.44. The highest BCUT2D eigenvalue weighted by Gasteiger charge is 1.89. The zero-order valence-corrected chi connectivity index (χ0v) is 13.9. The van der Waals surface area contributed by atoms with Crippen LogP contribution in [0.3, 0.4) is 0 Å². The van der Waals surface area contributed by atoms with Crippen LogP contribution in [0.1, 0.15) is 15.7 Å². The third kappa shape index (κ3) is 6.77. The van der Waals surface area contributed by atoms with Crippen molar-refractivity contribution in [1.29, 1.82) is 0 Å². The summed E-state index contributed by atoms with van der Waals surface area (Å²) in [6, 6.07) is 0. The predicted molar refractivity (Wildman–Crippen MR) is 86.1 cm³/mol. The van der Waals surface area contributed by atoms with Crippen molar-refractivity contribution in [3.8, 4) is 0 Å². The van der Waals surface area contributed by atoms with Crippen molar-refractivity contribution in [2.24, 2.45) is 7.05 Å². The van der Waals surface area contributed by atoms with Crippen LogP contribution in [-0.2, 0) is 7.05 Å². The lowest BCUT2D eigenvalue weighted by Crippen LogP contribution is -1.86. The standard InChI is InChI=1S/C4H7N3.C4H6N2S.C3H5N3S/c1-4-6-5-3-7(4)2;1-3-2-6-4(5)7-3;1-2-5-6-3(4)7-2/h3H,1-2H3;2H,1H3,(H2,5,6);1H3,(H2,4,6). The van der Waals surface area contributed by atoms with E-state index in [1.165, 1.54) is 22.7 Å². The first-order valence-electron chi connectivity index (χ1n) is 5.92. The molecule has 0 aliphatic carbocycles. The summed E-state index contributed by atoms with van der Waals surface area (Å²) >= 11 is 2.91. The normalized spacial score (nSPS) is 9.33. The Morgan fingerprint density at radius 1 is 1.00 bits per heavy atom. The highest BCUT2D eigenvalue weighted by atomic mass is 32.1. The number of aromatic nitrogens is 6. The Morgan fingerprint density at radius 3 is 1.86 bits per heavy atom. The maximum absolute atomic E-state index is 5.29. The number of rotatable bonds is 0. The molecule has 0 atom stereocenters. The molecule has 3 aromatic heterocycles. The van der Waals surface area contributed by atoms with Gasteiger partial charge < -0.3 is 16.0 Å². The molecule has 0 aliphatic rings. The fraction of sp³-hybridized carbons (Fsp3) is 0.364. The Kier molecular flexibility index (Phi) is 6.69. The lowest BCUT2D eigenvalue weighted by Gasteiger charge is -1.84. The zero-order chi connectivity index (χ0) is 15.8. The molecule has 21 heavy (non-hydrogen) atoms. The van der Waals surface area contributed by atoms with E-state index in [4.69, 9.17) is 11.5 Å². The minimum absolute atomic E-state index is 0.539. The second-order valence-electron chi connectivity index (χ2n) is 3.96. The van der Waals surface area contributed by atoms with E-state index in [2.05, 4.69) is 25.4 Å². The number of aryl methyl sites for hydroxylation is 4. The molecule has 0 aromatic carbocycles. The molecule has 10 heteroatoms. The minimum Gasteiger partial charge on any atom is -0.375 e. The number of thiazole rings is 1. The maximum atomic E-state index is 5.29. The first kappa shape index (κ1) is 17.0. The number of anilines is 2. The van der Waals surface area contributed by atoms with Crippen molar-refractivity contribution < 1.29 is 0 Å². The fourth-order valence-corrected chi connectivity index (χ4v) is 2.03. The molecule has 4 N–H and O–H groups in total. The Bertz CT molecular complexity index is 569. The highest BCUT2D eigenvalue weighted by Crippen LogP contribution is 2.11. The van der Waals surface area contributed by atoms with E-state index in [0.717, 1.165) is 15.7 Å². The molecular formula is C11H18N8S2. The third-order valence-corrected chi connectivity index (χ3v) is 3.53. The summed E-state index contributed by atoms with van der Waals surface area (Å²) in [6.45, 7) is 5.76.